The molecule has 0 spiro atoms. The summed E-state index contributed by atoms with van der Waals surface area (Å²) in [7, 11) is 0. The monoisotopic (exact) mass is 244 g/mol. The van der Waals surface area contributed by atoms with E-state index in [0.29, 0.717) is 0 Å². The van der Waals surface area contributed by atoms with Crippen LogP contribution in [0.4, 0.5) is 30.7 Å². The SMILES string of the molecule is FC(=[C-]C(F)(F)F)C(F)(F)F.[Cu+]. The van der Waals surface area contributed by atoms with Crippen LogP contribution in [0.2, 0.25) is 0 Å². The third kappa shape index (κ3) is 6.48. The maximum absolute atomic E-state index is 11.4. The molecular weight excluding hydrogens is 245 g/mol. The van der Waals surface area contributed by atoms with Crippen molar-refractivity contribution < 1.29 is 47.8 Å². The first-order valence-electron chi connectivity index (χ1n) is 2.07. The normalized spacial score (nSPS) is 14.1. The molecule has 0 rings (SSSR count). The van der Waals surface area contributed by atoms with Crippen LogP contribution in [0.25, 0.3) is 0 Å². The summed E-state index contributed by atoms with van der Waals surface area (Å²) in [5.74, 6) is -3.27. The standard InChI is InChI=1S/C4F7.Cu/c5-2(4(9,10)11)1-3(6,7)8;/q-1;+1. The van der Waals surface area contributed by atoms with Gasteiger partial charge < -0.3 is 6.08 Å². The number of halogens is 7. The van der Waals surface area contributed by atoms with Crippen LogP contribution in [0.5, 0.6) is 0 Å². The van der Waals surface area contributed by atoms with Gasteiger partial charge in [-0.3, -0.25) is 0 Å². The summed E-state index contributed by atoms with van der Waals surface area (Å²) < 4.78 is 77.3. The van der Waals surface area contributed by atoms with Crippen molar-refractivity contribution in [2.45, 2.75) is 12.4 Å². The molecule has 0 aliphatic carbocycles. The Morgan fingerprint density at radius 2 is 1.25 bits per heavy atom. The molecule has 0 N–H and O–H groups in total. The topological polar surface area (TPSA) is 0 Å². The fraction of sp³-hybridized carbons (Fsp3) is 0.500. The number of allylic oxidation sites excluding steroid dienone is 2. The van der Waals surface area contributed by atoms with E-state index in [1.807, 2.05) is 0 Å². The molecule has 0 bridgehead atoms. The predicted octanol–water partition coefficient (Wildman–Crippen LogP) is 2.77. The van der Waals surface area contributed by atoms with Gasteiger partial charge in [-0.25, -0.2) is 17.6 Å². The summed E-state index contributed by atoms with van der Waals surface area (Å²) in [6.07, 6.45) is -11.3. The minimum Gasteiger partial charge on any atom is -0.346 e. The van der Waals surface area contributed by atoms with Crippen molar-refractivity contribution >= 4 is 0 Å². The molecule has 0 saturated heterocycles. The average molecular weight is 245 g/mol. The Kier molecular flexibility index (Phi) is 4.93. The second kappa shape index (κ2) is 4.13. The first-order valence-corrected chi connectivity index (χ1v) is 2.07. The molecule has 0 aromatic heterocycles. The van der Waals surface area contributed by atoms with Crippen LogP contribution in [0.15, 0.2) is 5.83 Å². The average Bonchev–Trinajstić information content (AvgIpc) is 1.56. The van der Waals surface area contributed by atoms with E-state index in [9.17, 15) is 30.7 Å². The Bertz CT molecular complexity index is 163. The first-order chi connectivity index (χ1) is 4.63. The third-order valence-corrected chi connectivity index (χ3v) is 0.500. The number of alkyl halides is 6. The number of rotatable bonds is 0. The van der Waals surface area contributed by atoms with Crippen molar-refractivity contribution in [3.8, 4) is 0 Å². The van der Waals surface area contributed by atoms with E-state index in [1.165, 1.54) is 0 Å². The van der Waals surface area contributed by atoms with Crippen molar-refractivity contribution in [3.63, 3.8) is 0 Å². The van der Waals surface area contributed by atoms with E-state index in [-0.39, 0.29) is 23.1 Å². The molecule has 0 radical (unpaired) electrons. The maximum atomic E-state index is 11.4. The maximum Gasteiger partial charge on any atom is 1.00 e. The van der Waals surface area contributed by atoms with Crippen molar-refractivity contribution in [1.82, 2.24) is 0 Å². The third-order valence-electron chi connectivity index (χ3n) is 0.500. The molecule has 0 atom stereocenters. The number of hydrogen-bond donors (Lipinski definition) is 0. The minimum absolute atomic E-state index is 0. The zero-order valence-corrected chi connectivity index (χ0v) is 5.89. The predicted molar refractivity (Wildman–Crippen MR) is 20.0 cm³/mol. The summed E-state index contributed by atoms with van der Waals surface area (Å²) in [5.41, 5.74) is 0. The molecule has 12 heavy (non-hydrogen) atoms. The van der Waals surface area contributed by atoms with Crippen LogP contribution in [0.1, 0.15) is 0 Å². The Balaban J connectivity index is 0. The molecular formula is C4CuF7. The second-order valence-corrected chi connectivity index (χ2v) is 1.43. The minimum atomic E-state index is -5.62. The second-order valence-electron chi connectivity index (χ2n) is 1.43. The van der Waals surface area contributed by atoms with Gasteiger partial charge in [0.15, 0.2) is 0 Å². The fourth-order valence-corrected chi connectivity index (χ4v) is 0.195. The summed E-state index contributed by atoms with van der Waals surface area (Å²) in [5, 5.41) is 0. The smallest absolute Gasteiger partial charge is 0.346 e. The van der Waals surface area contributed by atoms with E-state index in [0.717, 1.165) is 0 Å². The van der Waals surface area contributed by atoms with Crippen molar-refractivity contribution in [3.05, 3.63) is 11.9 Å². The van der Waals surface area contributed by atoms with Gasteiger partial charge in [-0.05, 0) is 0 Å². The molecule has 0 aromatic rings. The molecule has 0 heterocycles. The molecule has 76 valence electrons. The van der Waals surface area contributed by atoms with Gasteiger partial charge in [0.2, 0.25) is 0 Å². The molecule has 0 nitrogen and oxygen atoms in total. The van der Waals surface area contributed by atoms with Gasteiger partial charge in [0.25, 0.3) is 6.18 Å². The molecule has 0 fully saturated rings. The van der Waals surface area contributed by atoms with Gasteiger partial charge in [0.1, 0.15) is 0 Å². The molecule has 8 heteroatoms. The van der Waals surface area contributed by atoms with Gasteiger partial charge in [-0.15, -0.1) is 0 Å². The number of hydrogen-bond acceptors (Lipinski definition) is 0. The van der Waals surface area contributed by atoms with E-state index < -0.39 is 18.2 Å². The van der Waals surface area contributed by atoms with Gasteiger partial charge in [0, 0.05) is 5.83 Å². The van der Waals surface area contributed by atoms with Crippen LogP contribution in [-0.4, -0.2) is 12.4 Å². The Morgan fingerprint density at radius 3 is 1.33 bits per heavy atom. The van der Waals surface area contributed by atoms with Crippen molar-refractivity contribution in [1.29, 1.82) is 0 Å². The largest absolute Gasteiger partial charge is 1.00 e. The summed E-state index contributed by atoms with van der Waals surface area (Å²) in [4.78, 5) is 0. The molecule has 0 unspecified atom stereocenters. The fourth-order valence-electron chi connectivity index (χ4n) is 0.195. The zero-order valence-electron chi connectivity index (χ0n) is 4.95. The van der Waals surface area contributed by atoms with Gasteiger partial charge >= 0.3 is 23.2 Å². The quantitative estimate of drug-likeness (QED) is 0.349. The molecule has 0 aromatic carbocycles. The van der Waals surface area contributed by atoms with Gasteiger partial charge in [-0.2, -0.15) is 13.2 Å². The van der Waals surface area contributed by atoms with Crippen LogP contribution >= 0.6 is 0 Å². The van der Waals surface area contributed by atoms with Crippen molar-refractivity contribution in [2.75, 3.05) is 0 Å². The summed E-state index contributed by atoms with van der Waals surface area (Å²) in [6.45, 7) is 0. The van der Waals surface area contributed by atoms with E-state index >= 15 is 0 Å². The zero-order chi connectivity index (χ0) is 9.28. The summed E-state index contributed by atoms with van der Waals surface area (Å²) >= 11 is 0. The molecule has 0 aliphatic heterocycles. The van der Waals surface area contributed by atoms with E-state index in [2.05, 4.69) is 0 Å². The molecule has 0 aliphatic rings. The van der Waals surface area contributed by atoms with Crippen LogP contribution in [0, 0.1) is 6.08 Å². The van der Waals surface area contributed by atoms with Crippen LogP contribution in [-0.2, 0) is 17.1 Å². The Hall–Kier alpha value is -0.231. The van der Waals surface area contributed by atoms with Crippen LogP contribution in [0.3, 0.4) is 0 Å². The summed E-state index contributed by atoms with van der Waals surface area (Å²) in [6, 6.07) is 0. The van der Waals surface area contributed by atoms with E-state index in [4.69, 9.17) is 0 Å². The molecule has 0 saturated carbocycles. The van der Waals surface area contributed by atoms with Crippen molar-refractivity contribution in [2.24, 2.45) is 0 Å². The Morgan fingerprint density at radius 1 is 0.917 bits per heavy atom. The first kappa shape index (κ1) is 14.3. The van der Waals surface area contributed by atoms with Gasteiger partial charge in [0.05, 0.1) is 0 Å². The molecule has 0 amide bonds. The van der Waals surface area contributed by atoms with Gasteiger partial charge in [-0.1, -0.05) is 0 Å². The van der Waals surface area contributed by atoms with E-state index in [1.54, 1.807) is 0 Å². The van der Waals surface area contributed by atoms with Crippen LogP contribution < -0.4 is 0 Å². The Labute approximate surface area is 72.9 Å².